The van der Waals surface area contributed by atoms with Gasteiger partial charge in [-0.15, -0.1) is 0 Å². The number of nitrogens with one attached hydrogen (secondary N) is 1. The quantitative estimate of drug-likeness (QED) is 0.781. The second-order valence-corrected chi connectivity index (χ2v) is 5.04. The zero-order valence-corrected chi connectivity index (χ0v) is 10.4. The molecule has 1 N–H and O–H groups in total. The third kappa shape index (κ3) is 1.96. The van der Waals surface area contributed by atoms with Crippen LogP contribution in [0.2, 0.25) is 0 Å². The minimum atomic E-state index is 0.738. The van der Waals surface area contributed by atoms with Crippen molar-refractivity contribution in [3.63, 3.8) is 0 Å². The van der Waals surface area contributed by atoms with Crippen LogP contribution in [-0.4, -0.2) is 13.1 Å². The molecular formula is C16H19N. The molecule has 0 saturated carbocycles. The summed E-state index contributed by atoms with van der Waals surface area (Å²) in [7, 11) is 0. The van der Waals surface area contributed by atoms with Gasteiger partial charge in [0.05, 0.1) is 0 Å². The summed E-state index contributed by atoms with van der Waals surface area (Å²) in [6.07, 6.45) is 2.54. The van der Waals surface area contributed by atoms with Gasteiger partial charge in [0.1, 0.15) is 0 Å². The Morgan fingerprint density at radius 2 is 1.65 bits per heavy atom. The van der Waals surface area contributed by atoms with Crippen molar-refractivity contribution in [3.05, 3.63) is 47.5 Å². The molecule has 1 fully saturated rings. The van der Waals surface area contributed by atoms with Crippen molar-refractivity contribution in [2.45, 2.75) is 25.7 Å². The predicted molar refractivity (Wildman–Crippen MR) is 73.5 cm³/mol. The van der Waals surface area contributed by atoms with E-state index >= 15 is 0 Å². The maximum atomic E-state index is 3.44. The van der Waals surface area contributed by atoms with Gasteiger partial charge in [-0.05, 0) is 60.7 Å². The number of hydrogen-bond acceptors (Lipinski definition) is 1. The zero-order valence-electron chi connectivity index (χ0n) is 10.4. The Morgan fingerprint density at radius 1 is 0.941 bits per heavy atom. The average Bonchev–Trinajstić information content (AvgIpc) is 2.40. The van der Waals surface area contributed by atoms with Crippen LogP contribution in [0, 0.1) is 6.92 Å². The SMILES string of the molecule is Cc1cccc2c(C3CCNCC3)cccc12. The molecule has 1 aliphatic rings. The van der Waals surface area contributed by atoms with Crippen molar-refractivity contribution in [3.8, 4) is 0 Å². The topological polar surface area (TPSA) is 12.0 Å². The molecule has 0 aromatic heterocycles. The van der Waals surface area contributed by atoms with E-state index in [-0.39, 0.29) is 0 Å². The van der Waals surface area contributed by atoms with Crippen LogP contribution < -0.4 is 5.32 Å². The van der Waals surface area contributed by atoms with Gasteiger partial charge in [-0.1, -0.05) is 36.4 Å². The van der Waals surface area contributed by atoms with Crippen molar-refractivity contribution in [1.82, 2.24) is 5.32 Å². The summed E-state index contributed by atoms with van der Waals surface area (Å²) >= 11 is 0. The van der Waals surface area contributed by atoms with E-state index in [2.05, 4.69) is 48.6 Å². The molecule has 2 aromatic rings. The third-order valence-electron chi connectivity index (χ3n) is 3.95. The molecule has 0 radical (unpaired) electrons. The van der Waals surface area contributed by atoms with Crippen LogP contribution >= 0.6 is 0 Å². The predicted octanol–water partition coefficient (Wildman–Crippen LogP) is 3.62. The number of piperidine rings is 1. The Kier molecular flexibility index (Phi) is 2.86. The maximum Gasteiger partial charge on any atom is -0.00431 e. The first-order valence-corrected chi connectivity index (χ1v) is 6.55. The number of hydrogen-bond donors (Lipinski definition) is 1. The van der Waals surface area contributed by atoms with Gasteiger partial charge in [0, 0.05) is 0 Å². The third-order valence-corrected chi connectivity index (χ3v) is 3.95. The van der Waals surface area contributed by atoms with Crippen LogP contribution in [-0.2, 0) is 0 Å². The first-order valence-electron chi connectivity index (χ1n) is 6.55. The minimum absolute atomic E-state index is 0.738. The Bertz CT molecular complexity index is 524. The summed E-state index contributed by atoms with van der Waals surface area (Å²) in [6.45, 7) is 4.52. The molecule has 1 heterocycles. The molecule has 3 rings (SSSR count). The van der Waals surface area contributed by atoms with Crippen LogP contribution in [0.3, 0.4) is 0 Å². The highest BCUT2D eigenvalue weighted by Crippen LogP contribution is 2.32. The summed E-state index contributed by atoms with van der Waals surface area (Å²) < 4.78 is 0. The van der Waals surface area contributed by atoms with Crippen LogP contribution in [0.4, 0.5) is 0 Å². The lowest BCUT2D eigenvalue weighted by Crippen LogP contribution is -2.26. The summed E-state index contributed by atoms with van der Waals surface area (Å²) in [4.78, 5) is 0. The summed E-state index contributed by atoms with van der Waals surface area (Å²) in [6, 6.07) is 13.4. The van der Waals surface area contributed by atoms with Gasteiger partial charge in [-0.2, -0.15) is 0 Å². The van der Waals surface area contributed by atoms with Crippen molar-refractivity contribution in [1.29, 1.82) is 0 Å². The molecule has 17 heavy (non-hydrogen) atoms. The number of rotatable bonds is 1. The first kappa shape index (κ1) is 10.8. The fraction of sp³-hybridized carbons (Fsp3) is 0.375. The van der Waals surface area contributed by atoms with E-state index in [4.69, 9.17) is 0 Å². The van der Waals surface area contributed by atoms with E-state index < -0.39 is 0 Å². The van der Waals surface area contributed by atoms with Crippen molar-refractivity contribution in [2.24, 2.45) is 0 Å². The van der Waals surface area contributed by atoms with Crippen molar-refractivity contribution < 1.29 is 0 Å². The lowest BCUT2D eigenvalue weighted by Gasteiger charge is -2.24. The average molecular weight is 225 g/mol. The molecule has 88 valence electrons. The molecular weight excluding hydrogens is 206 g/mol. The largest absolute Gasteiger partial charge is 0.317 e. The minimum Gasteiger partial charge on any atom is -0.317 e. The van der Waals surface area contributed by atoms with Crippen LogP contribution in [0.5, 0.6) is 0 Å². The van der Waals surface area contributed by atoms with Crippen LogP contribution in [0.1, 0.15) is 29.9 Å². The molecule has 0 atom stereocenters. The molecule has 0 amide bonds. The maximum absolute atomic E-state index is 3.44. The number of fused-ring (bicyclic) bond motifs is 1. The standard InChI is InChI=1S/C16H19N/c1-12-4-2-7-16-14(12)5-3-6-15(16)13-8-10-17-11-9-13/h2-7,13,17H,8-11H2,1H3. The van der Waals surface area contributed by atoms with E-state index in [9.17, 15) is 0 Å². The highest BCUT2D eigenvalue weighted by Gasteiger charge is 2.17. The monoisotopic (exact) mass is 225 g/mol. The van der Waals surface area contributed by atoms with E-state index in [1.165, 1.54) is 29.2 Å². The van der Waals surface area contributed by atoms with Gasteiger partial charge in [-0.3, -0.25) is 0 Å². The molecule has 0 bridgehead atoms. The summed E-state index contributed by atoms with van der Waals surface area (Å²) in [5.41, 5.74) is 2.94. The lowest BCUT2D eigenvalue weighted by molar-refractivity contribution is 0.462. The Hall–Kier alpha value is -1.34. The molecule has 0 spiro atoms. The number of aryl methyl sites for hydroxylation is 1. The highest BCUT2D eigenvalue weighted by molar-refractivity contribution is 5.88. The van der Waals surface area contributed by atoms with Gasteiger partial charge in [0.25, 0.3) is 0 Å². The van der Waals surface area contributed by atoms with Gasteiger partial charge in [0.2, 0.25) is 0 Å². The zero-order chi connectivity index (χ0) is 11.7. The van der Waals surface area contributed by atoms with E-state index in [1.54, 1.807) is 5.56 Å². The molecule has 0 aliphatic carbocycles. The Morgan fingerprint density at radius 3 is 2.47 bits per heavy atom. The number of benzene rings is 2. The molecule has 1 nitrogen and oxygen atoms in total. The molecule has 1 heteroatoms. The second kappa shape index (κ2) is 4.50. The second-order valence-electron chi connectivity index (χ2n) is 5.04. The van der Waals surface area contributed by atoms with Crippen molar-refractivity contribution in [2.75, 3.05) is 13.1 Å². The van der Waals surface area contributed by atoms with Crippen molar-refractivity contribution >= 4 is 10.8 Å². The molecule has 2 aromatic carbocycles. The fourth-order valence-corrected chi connectivity index (χ4v) is 2.98. The lowest BCUT2D eigenvalue weighted by atomic mass is 9.86. The van der Waals surface area contributed by atoms with Crippen LogP contribution in [0.15, 0.2) is 36.4 Å². The first-order chi connectivity index (χ1) is 8.36. The van der Waals surface area contributed by atoms with E-state index in [1.807, 2.05) is 0 Å². The van der Waals surface area contributed by atoms with Gasteiger partial charge >= 0.3 is 0 Å². The smallest absolute Gasteiger partial charge is 0.00431 e. The Balaban J connectivity index is 2.12. The van der Waals surface area contributed by atoms with E-state index in [0.29, 0.717) is 0 Å². The summed E-state index contributed by atoms with van der Waals surface area (Å²) in [5.74, 6) is 0.738. The molecule has 0 unspecified atom stereocenters. The fourth-order valence-electron chi connectivity index (χ4n) is 2.98. The van der Waals surface area contributed by atoms with Crippen LogP contribution in [0.25, 0.3) is 10.8 Å². The van der Waals surface area contributed by atoms with Gasteiger partial charge in [0.15, 0.2) is 0 Å². The van der Waals surface area contributed by atoms with Gasteiger partial charge in [-0.25, -0.2) is 0 Å². The van der Waals surface area contributed by atoms with Gasteiger partial charge < -0.3 is 5.32 Å². The molecule has 1 aliphatic heterocycles. The summed E-state index contributed by atoms with van der Waals surface area (Å²) in [5, 5.41) is 6.32. The van der Waals surface area contributed by atoms with E-state index in [0.717, 1.165) is 19.0 Å². The highest BCUT2D eigenvalue weighted by atomic mass is 14.9. The normalized spacial score (nSPS) is 17.5. The Labute approximate surface area is 103 Å². The molecule has 1 saturated heterocycles.